The number of halogens is 1. The lowest BCUT2D eigenvalue weighted by atomic mass is 10.1. The fraction of sp³-hybridized carbons (Fsp3) is 0.333. The summed E-state index contributed by atoms with van der Waals surface area (Å²) in [6.07, 6.45) is 2.48. The van der Waals surface area contributed by atoms with Crippen LogP contribution in [0.1, 0.15) is 40.7 Å². The lowest BCUT2D eigenvalue weighted by Crippen LogP contribution is -2.45. The molecule has 10 heteroatoms. The van der Waals surface area contributed by atoms with Gasteiger partial charge in [-0.25, -0.2) is 12.8 Å². The van der Waals surface area contributed by atoms with Gasteiger partial charge in [0.25, 0.3) is 0 Å². The van der Waals surface area contributed by atoms with Gasteiger partial charge in [0.1, 0.15) is 11.4 Å². The van der Waals surface area contributed by atoms with Crippen molar-refractivity contribution in [1.29, 1.82) is 0 Å². The van der Waals surface area contributed by atoms with E-state index in [1.54, 1.807) is 50.2 Å². The predicted octanol–water partition coefficient (Wildman–Crippen LogP) is 5.26. The van der Waals surface area contributed by atoms with E-state index in [9.17, 15) is 22.4 Å². The first kappa shape index (κ1) is 30.6. The summed E-state index contributed by atoms with van der Waals surface area (Å²) in [6, 6.07) is 16.1. The molecule has 1 aliphatic rings. The molecule has 1 saturated heterocycles. The molecule has 226 valence electrons. The average Bonchev–Trinajstić information content (AvgIpc) is 3.47. The van der Waals surface area contributed by atoms with Gasteiger partial charge in [-0.05, 0) is 74.6 Å². The van der Waals surface area contributed by atoms with Crippen molar-refractivity contribution in [3.63, 3.8) is 0 Å². The molecule has 1 aromatic heterocycles. The molecule has 43 heavy (non-hydrogen) atoms. The molecule has 5 rings (SSSR count). The van der Waals surface area contributed by atoms with Crippen LogP contribution in [-0.4, -0.2) is 49.3 Å². The molecule has 0 spiro atoms. The first-order valence-corrected chi connectivity index (χ1v) is 15.7. The van der Waals surface area contributed by atoms with Crippen molar-refractivity contribution in [2.75, 3.05) is 19.7 Å². The minimum Gasteiger partial charge on any atom is -0.464 e. The standard InChI is InChI=1S/C33H35FN2O6S/c1-22-15-23(2)33(24(3)16-22)43(39,40)36(19-28-7-6-14-41-28)20-31(37)35(17-25-10-12-27(34)13-11-25)18-26-21-42-30-9-5-4-8-29(30)32(26)38/h4-5,8-13,15-16,21,28H,6-7,14,17-20H2,1-3H3. The second-order valence-corrected chi connectivity index (χ2v) is 13.0. The summed E-state index contributed by atoms with van der Waals surface area (Å²) in [5.41, 5.74) is 3.14. The highest BCUT2D eigenvalue weighted by Crippen LogP contribution is 2.27. The molecule has 1 aliphatic heterocycles. The Morgan fingerprint density at radius 1 is 1.00 bits per heavy atom. The lowest BCUT2D eigenvalue weighted by molar-refractivity contribution is -0.132. The van der Waals surface area contributed by atoms with E-state index < -0.39 is 28.3 Å². The number of amides is 1. The van der Waals surface area contributed by atoms with Gasteiger partial charge in [0.2, 0.25) is 15.9 Å². The van der Waals surface area contributed by atoms with Crippen LogP contribution in [0.2, 0.25) is 0 Å². The van der Waals surface area contributed by atoms with Gasteiger partial charge in [0, 0.05) is 19.7 Å². The number of carbonyl (C=O) groups is 1. The molecular weight excluding hydrogens is 571 g/mol. The Balaban J connectivity index is 1.51. The second-order valence-electron chi connectivity index (χ2n) is 11.1. The maximum absolute atomic E-state index is 14.2. The molecule has 0 bridgehead atoms. The summed E-state index contributed by atoms with van der Waals surface area (Å²) in [4.78, 5) is 28.9. The topological polar surface area (TPSA) is 97.1 Å². The van der Waals surface area contributed by atoms with Crippen LogP contribution in [0.25, 0.3) is 11.0 Å². The normalized spacial score (nSPS) is 15.3. The third-order valence-corrected chi connectivity index (χ3v) is 9.82. The summed E-state index contributed by atoms with van der Waals surface area (Å²) < 4.78 is 54.7. The summed E-state index contributed by atoms with van der Waals surface area (Å²) in [5.74, 6) is -0.935. The molecule has 0 aliphatic carbocycles. The molecule has 2 heterocycles. The van der Waals surface area contributed by atoms with Gasteiger partial charge in [-0.2, -0.15) is 4.31 Å². The Hall–Kier alpha value is -3.86. The van der Waals surface area contributed by atoms with E-state index in [0.29, 0.717) is 40.7 Å². The van der Waals surface area contributed by atoms with Crippen molar-refractivity contribution in [1.82, 2.24) is 9.21 Å². The highest BCUT2D eigenvalue weighted by atomic mass is 32.2. The van der Waals surface area contributed by atoms with Gasteiger partial charge >= 0.3 is 0 Å². The summed E-state index contributed by atoms with van der Waals surface area (Å²) in [6.45, 7) is 5.39. The van der Waals surface area contributed by atoms with Gasteiger partial charge in [-0.15, -0.1) is 0 Å². The first-order chi connectivity index (χ1) is 20.5. The van der Waals surface area contributed by atoms with Crippen LogP contribution in [0, 0.1) is 26.6 Å². The van der Waals surface area contributed by atoms with Crippen LogP contribution in [-0.2, 0) is 32.6 Å². The maximum Gasteiger partial charge on any atom is 0.244 e. The molecule has 1 fully saturated rings. The van der Waals surface area contributed by atoms with Crippen molar-refractivity contribution in [3.05, 3.63) is 111 Å². The van der Waals surface area contributed by atoms with Gasteiger partial charge in [-0.3, -0.25) is 9.59 Å². The van der Waals surface area contributed by atoms with E-state index in [1.165, 1.54) is 27.6 Å². The number of carbonyl (C=O) groups excluding carboxylic acids is 1. The van der Waals surface area contributed by atoms with Crippen LogP contribution in [0.15, 0.2) is 81.0 Å². The van der Waals surface area contributed by atoms with E-state index in [4.69, 9.17) is 9.15 Å². The number of aryl methyl sites for hydroxylation is 3. The average molecular weight is 607 g/mol. The Bertz CT molecular complexity index is 1770. The number of fused-ring (bicyclic) bond motifs is 1. The molecule has 1 unspecified atom stereocenters. The number of rotatable bonds is 10. The summed E-state index contributed by atoms with van der Waals surface area (Å²) >= 11 is 0. The van der Waals surface area contributed by atoms with Gasteiger partial charge in [0.15, 0.2) is 5.43 Å². The summed E-state index contributed by atoms with van der Waals surface area (Å²) in [5, 5.41) is 0.377. The number of hydrogen-bond donors (Lipinski definition) is 0. The molecule has 0 radical (unpaired) electrons. The third kappa shape index (κ3) is 6.87. The van der Waals surface area contributed by atoms with Crippen molar-refractivity contribution in [2.45, 2.75) is 57.7 Å². The van der Waals surface area contributed by atoms with Crippen molar-refractivity contribution < 1.29 is 26.8 Å². The number of nitrogens with zero attached hydrogens (tertiary/aromatic N) is 2. The first-order valence-electron chi connectivity index (χ1n) is 14.2. The monoisotopic (exact) mass is 606 g/mol. The molecule has 1 amide bonds. The smallest absolute Gasteiger partial charge is 0.244 e. The van der Waals surface area contributed by atoms with Crippen LogP contribution in [0.5, 0.6) is 0 Å². The van der Waals surface area contributed by atoms with E-state index in [1.807, 2.05) is 19.1 Å². The van der Waals surface area contributed by atoms with Crippen molar-refractivity contribution in [3.8, 4) is 0 Å². The third-order valence-electron chi connectivity index (χ3n) is 7.70. The Morgan fingerprint density at radius 2 is 1.70 bits per heavy atom. The molecule has 8 nitrogen and oxygen atoms in total. The molecular formula is C33H35FN2O6S. The zero-order valence-electron chi connectivity index (χ0n) is 24.5. The highest BCUT2D eigenvalue weighted by Gasteiger charge is 2.34. The Labute approximate surface area is 250 Å². The largest absolute Gasteiger partial charge is 0.464 e. The van der Waals surface area contributed by atoms with E-state index >= 15 is 0 Å². The van der Waals surface area contributed by atoms with Crippen LogP contribution in [0.4, 0.5) is 4.39 Å². The molecule has 4 aromatic rings. The van der Waals surface area contributed by atoms with E-state index in [2.05, 4.69) is 0 Å². The fourth-order valence-electron chi connectivity index (χ4n) is 5.69. The molecule has 0 saturated carbocycles. The van der Waals surface area contributed by atoms with Gasteiger partial charge < -0.3 is 14.1 Å². The second kappa shape index (κ2) is 12.8. The number of hydrogen-bond acceptors (Lipinski definition) is 6. The number of sulfonamides is 1. The zero-order valence-corrected chi connectivity index (χ0v) is 25.3. The maximum atomic E-state index is 14.2. The highest BCUT2D eigenvalue weighted by molar-refractivity contribution is 7.89. The van der Waals surface area contributed by atoms with Crippen molar-refractivity contribution in [2.24, 2.45) is 0 Å². The molecule has 0 N–H and O–H groups in total. The Morgan fingerprint density at radius 3 is 2.37 bits per heavy atom. The van der Waals surface area contributed by atoms with Crippen LogP contribution in [0.3, 0.4) is 0 Å². The zero-order chi connectivity index (χ0) is 30.7. The molecule has 3 aromatic carbocycles. The van der Waals surface area contributed by atoms with Crippen molar-refractivity contribution >= 4 is 26.9 Å². The summed E-state index contributed by atoms with van der Waals surface area (Å²) in [7, 11) is -4.11. The number of benzene rings is 3. The Kier molecular flexibility index (Phi) is 9.10. The van der Waals surface area contributed by atoms with Crippen LogP contribution < -0.4 is 5.43 Å². The predicted molar refractivity (Wildman–Crippen MR) is 162 cm³/mol. The number of ether oxygens (including phenoxy) is 1. The van der Waals surface area contributed by atoms with Crippen LogP contribution >= 0.6 is 0 Å². The lowest BCUT2D eigenvalue weighted by Gasteiger charge is -2.29. The fourth-order valence-corrected chi connectivity index (χ4v) is 7.52. The van der Waals surface area contributed by atoms with Gasteiger partial charge in [0.05, 0.1) is 41.3 Å². The van der Waals surface area contributed by atoms with E-state index in [-0.39, 0.29) is 41.6 Å². The minimum absolute atomic E-state index is 0.0172. The molecule has 1 atom stereocenters. The van der Waals surface area contributed by atoms with E-state index in [0.717, 1.165) is 12.0 Å². The van der Waals surface area contributed by atoms with Gasteiger partial charge in [-0.1, -0.05) is 42.0 Å². The quantitative estimate of drug-likeness (QED) is 0.245. The SMILES string of the molecule is Cc1cc(C)c(S(=O)(=O)N(CC(=O)N(Cc2ccc(F)cc2)Cc2coc3ccccc3c2=O)CC2CCCO2)c(C)c1. The number of para-hydroxylation sites is 1. The minimum atomic E-state index is -4.11.